The number of nitrogens with one attached hydrogen (secondary N) is 1. The Kier molecular flexibility index (Phi) is 8.92. The Morgan fingerprint density at radius 3 is 2.22 bits per heavy atom. The van der Waals surface area contributed by atoms with Crippen LogP contribution in [0.25, 0.3) is 21.7 Å². The van der Waals surface area contributed by atoms with Crippen molar-refractivity contribution in [2.75, 3.05) is 47.8 Å². The Balaban J connectivity index is 1.14. The molecule has 232 valence electrons. The first-order valence-corrected chi connectivity index (χ1v) is 16.1. The molecule has 5 aromatic carbocycles. The third kappa shape index (κ3) is 6.60. The molecule has 1 aliphatic heterocycles. The fraction of sp³-hybridized carbons (Fsp3) is 0.231. The number of aliphatic hydroxyl groups excluding tert-OH is 1. The Bertz CT molecular complexity index is 1900. The van der Waals surface area contributed by atoms with Crippen LogP contribution in [0.5, 0.6) is 5.75 Å². The molecule has 1 saturated heterocycles. The number of hydrogen-bond acceptors (Lipinski definition) is 7. The van der Waals surface area contributed by atoms with Gasteiger partial charge < -0.3 is 25.0 Å². The second kappa shape index (κ2) is 13.9. The van der Waals surface area contributed by atoms with Crippen molar-refractivity contribution >= 4 is 39.1 Å². The summed E-state index contributed by atoms with van der Waals surface area (Å²) in [7, 11) is 0. The van der Waals surface area contributed by atoms with Crippen molar-refractivity contribution in [1.82, 2.24) is 9.97 Å². The molecule has 0 saturated carbocycles. The van der Waals surface area contributed by atoms with Gasteiger partial charge in [-0.2, -0.15) is 4.98 Å². The highest BCUT2D eigenvalue weighted by atomic mass is 16.5. The molecular weight excluding hydrogens is 570 g/mol. The van der Waals surface area contributed by atoms with Crippen LogP contribution in [-0.2, 0) is 19.6 Å². The lowest BCUT2D eigenvalue weighted by Gasteiger charge is -2.36. The molecule has 0 spiro atoms. The average Bonchev–Trinajstić information content (AvgIpc) is 3.13. The highest BCUT2D eigenvalue weighted by Crippen LogP contribution is 2.32. The van der Waals surface area contributed by atoms with Crippen LogP contribution in [0.1, 0.15) is 23.1 Å². The van der Waals surface area contributed by atoms with Crippen molar-refractivity contribution in [3.63, 3.8) is 0 Å². The Morgan fingerprint density at radius 1 is 0.696 bits per heavy atom. The Hall–Kier alpha value is -5.14. The molecule has 0 amide bonds. The standard InChI is InChI=1S/C39H39N5O2/c45-27-32-25-35-36(26-37(32)46-28-29-11-3-1-4-12-29)41-39(44-23-21-43(22-24-44)33-17-5-2-6-18-33)42-38(35)40-20-10-16-31-15-9-14-30-13-7-8-19-34(30)31/h1-9,11-15,17-19,25-26,45H,10,16,20-24,27-28H2,(H,40,41,42). The highest BCUT2D eigenvalue weighted by molar-refractivity contribution is 5.92. The van der Waals surface area contributed by atoms with E-state index in [1.807, 2.05) is 42.5 Å². The van der Waals surface area contributed by atoms with Gasteiger partial charge in [0.1, 0.15) is 18.2 Å². The SMILES string of the molecule is OCc1cc2c(NCCCc3cccc4ccccc34)nc(N3CCN(c4ccccc4)CC3)nc2cc1OCc1ccccc1. The molecule has 7 rings (SSSR count). The van der Waals surface area contributed by atoms with Crippen molar-refractivity contribution in [1.29, 1.82) is 0 Å². The van der Waals surface area contributed by atoms with E-state index in [9.17, 15) is 5.11 Å². The number of rotatable bonds is 11. The summed E-state index contributed by atoms with van der Waals surface area (Å²) in [6, 6.07) is 39.7. The number of aryl methyl sites for hydroxylation is 1. The van der Waals surface area contributed by atoms with Crippen LogP contribution in [0.15, 0.2) is 115 Å². The lowest BCUT2D eigenvalue weighted by Crippen LogP contribution is -2.47. The molecule has 7 nitrogen and oxygen atoms in total. The van der Waals surface area contributed by atoms with E-state index in [0.29, 0.717) is 18.3 Å². The molecule has 6 aromatic rings. The molecule has 0 bridgehead atoms. The van der Waals surface area contributed by atoms with Gasteiger partial charge in [0.05, 0.1) is 12.1 Å². The van der Waals surface area contributed by atoms with Gasteiger partial charge in [-0.25, -0.2) is 4.98 Å². The molecule has 1 aliphatic rings. The Labute approximate surface area is 270 Å². The van der Waals surface area contributed by atoms with Crippen LogP contribution in [0.3, 0.4) is 0 Å². The molecule has 1 aromatic heterocycles. The first-order chi connectivity index (χ1) is 22.7. The quantitative estimate of drug-likeness (QED) is 0.150. The van der Waals surface area contributed by atoms with E-state index in [4.69, 9.17) is 14.7 Å². The first-order valence-electron chi connectivity index (χ1n) is 16.1. The van der Waals surface area contributed by atoms with E-state index < -0.39 is 0 Å². The maximum absolute atomic E-state index is 10.3. The number of benzene rings is 5. The van der Waals surface area contributed by atoms with Gasteiger partial charge >= 0.3 is 0 Å². The molecule has 0 radical (unpaired) electrons. The summed E-state index contributed by atoms with van der Waals surface area (Å²) in [4.78, 5) is 14.8. The minimum Gasteiger partial charge on any atom is -0.488 e. The fourth-order valence-electron chi connectivity index (χ4n) is 6.26. The zero-order valence-electron chi connectivity index (χ0n) is 26.0. The van der Waals surface area contributed by atoms with E-state index in [0.717, 1.165) is 73.4 Å². The molecule has 7 heteroatoms. The summed E-state index contributed by atoms with van der Waals surface area (Å²) >= 11 is 0. The maximum atomic E-state index is 10.3. The monoisotopic (exact) mass is 609 g/mol. The van der Waals surface area contributed by atoms with Crippen molar-refractivity contribution in [2.24, 2.45) is 0 Å². The third-order valence-corrected chi connectivity index (χ3v) is 8.75. The number of aliphatic hydroxyl groups is 1. The Morgan fingerprint density at radius 2 is 1.41 bits per heavy atom. The molecular formula is C39H39N5O2. The molecule has 46 heavy (non-hydrogen) atoms. The number of nitrogens with zero attached hydrogens (tertiary/aromatic N) is 4. The molecule has 2 heterocycles. The van der Waals surface area contributed by atoms with E-state index in [-0.39, 0.29) is 6.61 Å². The predicted octanol–water partition coefficient (Wildman–Crippen LogP) is 7.23. The normalized spacial score (nSPS) is 13.3. The van der Waals surface area contributed by atoms with Crippen molar-refractivity contribution in [3.8, 4) is 5.75 Å². The van der Waals surface area contributed by atoms with Gasteiger partial charge in [-0.05, 0) is 52.9 Å². The van der Waals surface area contributed by atoms with Gasteiger partial charge in [0.2, 0.25) is 5.95 Å². The largest absolute Gasteiger partial charge is 0.488 e. The number of aromatic nitrogens is 2. The van der Waals surface area contributed by atoms with Crippen LogP contribution in [0.4, 0.5) is 17.5 Å². The predicted molar refractivity (Wildman–Crippen MR) is 188 cm³/mol. The van der Waals surface area contributed by atoms with Crippen molar-refractivity contribution in [3.05, 3.63) is 132 Å². The average molecular weight is 610 g/mol. The molecule has 2 N–H and O–H groups in total. The topological polar surface area (TPSA) is 73.8 Å². The number of hydrogen-bond donors (Lipinski definition) is 2. The van der Waals surface area contributed by atoms with Crippen LogP contribution in [-0.4, -0.2) is 47.8 Å². The highest BCUT2D eigenvalue weighted by Gasteiger charge is 2.22. The fourth-order valence-corrected chi connectivity index (χ4v) is 6.26. The van der Waals surface area contributed by atoms with Crippen LogP contribution in [0, 0.1) is 0 Å². The summed E-state index contributed by atoms with van der Waals surface area (Å²) in [6.07, 6.45) is 1.92. The first kappa shape index (κ1) is 29.6. The third-order valence-electron chi connectivity index (χ3n) is 8.75. The summed E-state index contributed by atoms with van der Waals surface area (Å²) in [6.45, 7) is 4.49. The van der Waals surface area contributed by atoms with Gasteiger partial charge in [0, 0.05) is 55.4 Å². The summed E-state index contributed by atoms with van der Waals surface area (Å²) < 4.78 is 6.23. The second-order valence-electron chi connectivity index (χ2n) is 11.8. The maximum Gasteiger partial charge on any atom is 0.228 e. The second-order valence-corrected chi connectivity index (χ2v) is 11.8. The van der Waals surface area contributed by atoms with E-state index >= 15 is 0 Å². The number of ether oxygens (including phenoxy) is 1. The summed E-state index contributed by atoms with van der Waals surface area (Å²) in [5.74, 6) is 2.13. The summed E-state index contributed by atoms with van der Waals surface area (Å²) in [5.41, 5.74) is 5.18. The molecule has 0 unspecified atom stereocenters. The van der Waals surface area contributed by atoms with E-state index in [1.165, 1.54) is 22.0 Å². The van der Waals surface area contributed by atoms with Crippen molar-refractivity contribution in [2.45, 2.75) is 26.1 Å². The van der Waals surface area contributed by atoms with Gasteiger partial charge in [-0.1, -0.05) is 91.0 Å². The van der Waals surface area contributed by atoms with Crippen molar-refractivity contribution < 1.29 is 9.84 Å². The number of anilines is 3. The van der Waals surface area contributed by atoms with Crippen LogP contribution in [0.2, 0.25) is 0 Å². The van der Waals surface area contributed by atoms with E-state index in [1.54, 1.807) is 0 Å². The minimum atomic E-state index is -0.135. The molecule has 0 aliphatic carbocycles. The lowest BCUT2D eigenvalue weighted by molar-refractivity contribution is 0.259. The van der Waals surface area contributed by atoms with E-state index in [2.05, 4.69) is 87.9 Å². The van der Waals surface area contributed by atoms with Gasteiger partial charge in [0.25, 0.3) is 0 Å². The molecule has 0 atom stereocenters. The van der Waals surface area contributed by atoms with Crippen LogP contribution >= 0.6 is 0 Å². The zero-order valence-corrected chi connectivity index (χ0v) is 26.0. The minimum absolute atomic E-state index is 0.135. The van der Waals surface area contributed by atoms with Gasteiger partial charge in [-0.15, -0.1) is 0 Å². The lowest BCUT2D eigenvalue weighted by atomic mass is 10.0. The zero-order chi connectivity index (χ0) is 31.1. The number of piperazine rings is 1. The van der Waals surface area contributed by atoms with Gasteiger partial charge in [-0.3, -0.25) is 0 Å². The smallest absolute Gasteiger partial charge is 0.228 e. The molecule has 1 fully saturated rings. The van der Waals surface area contributed by atoms with Crippen LogP contribution < -0.4 is 19.9 Å². The summed E-state index contributed by atoms with van der Waals surface area (Å²) in [5, 5.41) is 17.4. The van der Waals surface area contributed by atoms with Gasteiger partial charge in [0.15, 0.2) is 0 Å². The number of para-hydroxylation sites is 1. The number of fused-ring (bicyclic) bond motifs is 2.